The molecule has 0 bridgehead atoms. The van der Waals surface area contributed by atoms with E-state index in [2.05, 4.69) is 54.7 Å². The summed E-state index contributed by atoms with van der Waals surface area (Å²) in [7, 11) is 0. The number of anilines is 1. The largest absolute Gasteiger partial charge is 0.467 e. The smallest absolute Gasteiger partial charge is 0.125 e. The molecule has 1 N–H and O–H groups in total. The summed E-state index contributed by atoms with van der Waals surface area (Å²) in [6.07, 6.45) is 1.70. The molecule has 1 heterocycles. The molecule has 2 aromatic carbocycles. The van der Waals surface area contributed by atoms with Gasteiger partial charge < -0.3 is 9.73 Å². The summed E-state index contributed by atoms with van der Waals surface area (Å²) < 4.78 is 5.39. The highest BCUT2D eigenvalue weighted by Gasteiger charge is 2.07. The maximum atomic E-state index is 5.39. The van der Waals surface area contributed by atoms with E-state index >= 15 is 0 Å². The fourth-order valence-corrected chi connectivity index (χ4v) is 2.14. The van der Waals surface area contributed by atoms with Crippen molar-refractivity contribution < 1.29 is 4.42 Å². The lowest BCUT2D eigenvalue weighted by atomic mass is 10.1. The lowest BCUT2D eigenvalue weighted by Crippen LogP contribution is -2.05. The zero-order valence-corrected chi connectivity index (χ0v) is 10.3. The second-order valence-electron chi connectivity index (χ2n) is 4.44. The fourth-order valence-electron chi connectivity index (χ4n) is 2.14. The summed E-state index contributed by atoms with van der Waals surface area (Å²) in [6, 6.07) is 18.8. The first-order valence-corrected chi connectivity index (χ1v) is 6.12. The normalized spacial score (nSPS) is 12.5. The molecular formula is C16H15NO. The Kier molecular flexibility index (Phi) is 2.77. The minimum atomic E-state index is 0.168. The van der Waals surface area contributed by atoms with E-state index in [1.165, 1.54) is 10.8 Å². The second kappa shape index (κ2) is 4.57. The molecule has 0 aliphatic rings. The van der Waals surface area contributed by atoms with E-state index < -0.39 is 0 Å². The summed E-state index contributed by atoms with van der Waals surface area (Å²) in [5, 5.41) is 5.95. The molecule has 3 aromatic rings. The number of hydrogen-bond donors (Lipinski definition) is 1. The quantitative estimate of drug-likeness (QED) is 0.719. The molecular weight excluding hydrogens is 222 g/mol. The number of furan rings is 1. The summed E-state index contributed by atoms with van der Waals surface area (Å²) >= 11 is 0. The Morgan fingerprint density at radius 2 is 1.78 bits per heavy atom. The van der Waals surface area contributed by atoms with Gasteiger partial charge in [-0.2, -0.15) is 0 Å². The third-order valence-corrected chi connectivity index (χ3v) is 3.10. The van der Waals surface area contributed by atoms with Crippen LogP contribution in [0.4, 0.5) is 5.69 Å². The molecule has 1 atom stereocenters. The van der Waals surface area contributed by atoms with Crippen LogP contribution in [0.5, 0.6) is 0 Å². The zero-order valence-electron chi connectivity index (χ0n) is 10.3. The van der Waals surface area contributed by atoms with Crippen LogP contribution in [0.1, 0.15) is 18.7 Å². The molecule has 2 nitrogen and oxygen atoms in total. The van der Waals surface area contributed by atoms with Crippen LogP contribution in [0.25, 0.3) is 10.8 Å². The van der Waals surface area contributed by atoms with Crippen molar-refractivity contribution in [3.63, 3.8) is 0 Å². The van der Waals surface area contributed by atoms with Crippen molar-refractivity contribution in [2.75, 3.05) is 5.32 Å². The molecule has 3 rings (SSSR count). The van der Waals surface area contributed by atoms with Crippen LogP contribution in [0.2, 0.25) is 0 Å². The van der Waals surface area contributed by atoms with E-state index in [9.17, 15) is 0 Å². The maximum absolute atomic E-state index is 5.39. The first-order chi connectivity index (χ1) is 8.83. The maximum Gasteiger partial charge on any atom is 0.125 e. The molecule has 18 heavy (non-hydrogen) atoms. The zero-order chi connectivity index (χ0) is 12.4. The number of fused-ring (bicyclic) bond motifs is 1. The van der Waals surface area contributed by atoms with E-state index in [1.807, 2.05) is 12.1 Å². The average molecular weight is 237 g/mol. The predicted molar refractivity (Wildman–Crippen MR) is 74.7 cm³/mol. The molecule has 2 heteroatoms. The molecule has 0 spiro atoms. The van der Waals surface area contributed by atoms with Gasteiger partial charge in [-0.1, -0.05) is 30.3 Å². The van der Waals surface area contributed by atoms with E-state index in [0.717, 1.165) is 11.4 Å². The van der Waals surface area contributed by atoms with Crippen molar-refractivity contribution in [2.24, 2.45) is 0 Å². The van der Waals surface area contributed by atoms with Crippen molar-refractivity contribution in [1.82, 2.24) is 0 Å². The standard InChI is InChI=1S/C16H15NO/c1-12(16-7-4-10-18-16)17-15-9-8-13-5-2-3-6-14(13)11-15/h2-12,17H,1H3. The minimum Gasteiger partial charge on any atom is -0.467 e. The highest BCUT2D eigenvalue weighted by atomic mass is 16.3. The predicted octanol–water partition coefficient (Wildman–Crippen LogP) is 4.61. The van der Waals surface area contributed by atoms with Crippen LogP contribution in [-0.2, 0) is 0 Å². The van der Waals surface area contributed by atoms with Gasteiger partial charge in [-0.3, -0.25) is 0 Å². The Morgan fingerprint density at radius 1 is 0.944 bits per heavy atom. The molecule has 1 aromatic heterocycles. The van der Waals surface area contributed by atoms with Crippen molar-refractivity contribution in [2.45, 2.75) is 13.0 Å². The van der Waals surface area contributed by atoms with Crippen molar-refractivity contribution >= 4 is 16.5 Å². The van der Waals surface area contributed by atoms with Gasteiger partial charge >= 0.3 is 0 Å². The van der Waals surface area contributed by atoms with Gasteiger partial charge in [-0.15, -0.1) is 0 Å². The van der Waals surface area contributed by atoms with Gasteiger partial charge in [0.2, 0.25) is 0 Å². The van der Waals surface area contributed by atoms with Crippen LogP contribution >= 0.6 is 0 Å². The monoisotopic (exact) mass is 237 g/mol. The Balaban J connectivity index is 1.86. The van der Waals surface area contributed by atoms with Crippen LogP contribution in [-0.4, -0.2) is 0 Å². The van der Waals surface area contributed by atoms with Crippen LogP contribution < -0.4 is 5.32 Å². The molecule has 90 valence electrons. The van der Waals surface area contributed by atoms with Gasteiger partial charge in [0.15, 0.2) is 0 Å². The first-order valence-electron chi connectivity index (χ1n) is 6.12. The van der Waals surface area contributed by atoms with Crippen molar-refractivity contribution in [1.29, 1.82) is 0 Å². The topological polar surface area (TPSA) is 25.2 Å². The lowest BCUT2D eigenvalue weighted by molar-refractivity contribution is 0.490. The van der Waals surface area contributed by atoms with E-state index in [1.54, 1.807) is 6.26 Å². The summed E-state index contributed by atoms with van der Waals surface area (Å²) in [4.78, 5) is 0. The first kappa shape index (κ1) is 10.9. The van der Waals surface area contributed by atoms with Crippen molar-refractivity contribution in [3.05, 3.63) is 66.6 Å². The van der Waals surface area contributed by atoms with Crippen molar-refractivity contribution in [3.8, 4) is 0 Å². The second-order valence-corrected chi connectivity index (χ2v) is 4.44. The third-order valence-electron chi connectivity index (χ3n) is 3.10. The number of benzene rings is 2. The molecule has 0 aliphatic carbocycles. The molecule has 1 unspecified atom stereocenters. The fraction of sp³-hybridized carbons (Fsp3) is 0.125. The Hall–Kier alpha value is -2.22. The van der Waals surface area contributed by atoms with E-state index in [4.69, 9.17) is 4.42 Å². The highest BCUT2D eigenvalue weighted by molar-refractivity contribution is 5.85. The summed E-state index contributed by atoms with van der Waals surface area (Å²) in [5.41, 5.74) is 1.11. The van der Waals surface area contributed by atoms with E-state index in [-0.39, 0.29) is 6.04 Å². The molecule has 0 saturated carbocycles. The summed E-state index contributed by atoms with van der Waals surface area (Å²) in [5.74, 6) is 0.947. The Bertz CT molecular complexity index is 643. The number of hydrogen-bond acceptors (Lipinski definition) is 2. The van der Waals surface area contributed by atoms with Crippen LogP contribution in [0.15, 0.2) is 65.3 Å². The lowest BCUT2D eigenvalue weighted by Gasteiger charge is -2.13. The van der Waals surface area contributed by atoms with Gasteiger partial charge in [0.05, 0.1) is 12.3 Å². The molecule has 0 fully saturated rings. The Labute approximate surface area is 106 Å². The van der Waals surface area contributed by atoms with Crippen LogP contribution in [0, 0.1) is 0 Å². The molecule has 0 saturated heterocycles. The average Bonchev–Trinajstić information content (AvgIpc) is 2.92. The van der Waals surface area contributed by atoms with Gasteiger partial charge in [-0.25, -0.2) is 0 Å². The minimum absolute atomic E-state index is 0.168. The van der Waals surface area contributed by atoms with Crippen LogP contribution in [0.3, 0.4) is 0 Å². The SMILES string of the molecule is CC(Nc1ccc2ccccc2c1)c1ccco1. The van der Waals surface area contributed by atoms with E-state index in [0.29, 0.717) is 0 Å². The molecule has 0 amide bonds. The van der Waals surface area contributed by atoms with Gasteiger partial charge in [0, 0.05) is 5.69 Å². The number of nitrogens with one attached hydrogen (secondary N) is 1. The number of rotatable bonds is 3. The summed E-state index contributed by atoms with van der Waals surface area (Å²) in [6.45, 7) is 2.09. The highest BCUT2D eigenvalue weighted by Crippen LogP contribution is 2.23. The van der Waals surface area contributed by atoms with Gasteiger partial charge in [0.25, 0.3) is 0 Å². The third kappa shape index (κ3) is 2.09. The molecule has 0 radical (unpaired) electrons. The molecule has 0 aliphatic heterocycles. The Morgan fingerprint density at radius 3 is 2.56 bits per heavy atom. The van der Waals surface area contributed by atoms with Gasteiger partial charge in [0.1, 0.15) is 5.76 Å². The van der Waals surface area contributed by atoms with Gasteiger partial charge in [-0.05, 0) is 42.0 Å².